The van der Waals surface area contributed by atoms with E-state index in [0.717, 1.165) is 18.6 Å². The summed E-state index contributed by atoms with van der Waals surface area (Å²) in [5, 5.41) is 2.42. The van der Waals surface area contributed by atoms with E-state index >= 15 is 0 Å². The van der Waals surface area contributed by atoms with Gasteiger partial charge in [0.1, 0.15) is 5.75 Å². The van der Waals surface area contributed by atoms with Gasteiger partial charge in [0.05, 0.1) is 12.7 Å². The minimum atomic E-state index is -0.173. The highest BCUT2D eigenvalue weighted by Crippen LogP contribution is 2.34. The molecule has 2 nitrogen and oxygen atoms in total. The molecule has 0 unspecified atom stereocenters. The van der Waals surface area contributed by atoms with E-state index < -0.39 is 0 Å². The van der Waals surface area contributed by atoms with E-state index in [0.29, 0.717) is 0 Å². The van der Waals surface area contributed by atoms with Crippen LogP contribution in [0.1, 0.15) is 32.3 Å². The number of fused-ring (bicyclic) bond motifs is 1. The molecule has 0 amide bonds. The monoisotopic (exact) mass is 258 g/mol. The molecule has 0 saturated heterocycles. The Morgan fingerprint density at radius 3 is 2.11 bits per heavy atom. The molecule has 2 aromatic carbocycles. The van der Waals surface area contributed by atoms with Crippen molar-refractivity contribution in [1.82, 2.24) is 0 Å². The Hall–Kier alpha value is -1.54. The van der Waals surface area contributed by atoms with Crippen molar-refractivity contribution in [2.24, 2.45) is 0 Å². The molecule has 19 heavy (non-hydrogen) atoms. The van der Waals surface area contributed by atoms with Crippen molar-refractivity contribution >= 4 is 10.8 Å². The van der Waals surface area contributed by atoms with Crippen LogP contribution in [-0.2, 0) is 10.3 Å². The zero-order valence-electron chi connectivity index (χ0n) is 12.2. The first kappa shape index (κ1) is 13.9. The van der Waals surface area contributed by atoms with Crippen LogP contribution in [0.2, 0.25) is 0 Å². The van der Waals surface area contributed by atoms with Gasteiger partial charge in [0.15, 0.2) is 0 Å². The van der Waals surface area contributed by atoms with Crippen molar-refractivity contribution in [3.05, 3.63) is 42.0 Å². The number of benzene rings is 2. The molecule has 2 aromatic rings. The average Bonchev–Trinajstić information content (AvgIpc) is 2.49. The van der Waals surface area contributed by atoms with Gasteiger partial charge < -0.3 is 9.47 Å². The molecule has 2 heteroatoms. The van der Waals surface area contributed by atoms with Crippen LogP contribution in [0.4, 0.5) is 0 Å². The maximum absolute atomic E-state index is 5.79. The highest BCUT2D eigenvalue weighted by Gasteiger charge is 2.27. The molecule has 0 bridgehead atoms. The molecule has 0 aliphatic heterocycles. The Morgan fingerprint density at radius 2 is 1.53 bits per heavy atom. The third-order valence-electron chi connectivity index (χ3n) is 4.11. The molecule has 0 aliphatic carbocycles. The average molecular weight is 258 g/mol. The lowest BCUT2D eigenvalue weighted by atomic mass is 9.87. The number of ether oxygens (including phenoxy) is 2. The number of methoxy groups -OCH3 is 2. The fourth-order valence-corrected chi connectivity index (χ4v) is 2.70. The second kappa shape index (κ2) is 5.62. The van der Waals surface area contributed by atoms with Crippen LogP contribution in [0.25, 0.3) is 10.8 Å². The summed E-state index contributed by atoms with van der Waals surface area (Å²) in [4.78, 5) is 0. The van der Waals surface area contributed by atoms with E-state index in [1.54, 1.807) is 14.2 Å². The molecule has 0 aromatic heterocycles. The van der Waals surface area contributed by atoms with Gasteiger partial charge in [-0.2, -0.15) is 0 Å². The van der Waals surface area contributed by atoms with Crippen molar-refractivity contribution in [1.29, 1.82) is 0 Å². The van der Waals surface area contributed by atoms with Crippen molar-refractivity contribution in [3.63, 3.8) is 0 Å². The standard InChI is InChI=1S/C17H22O2/c1-5-17(6-2,19-4)15-9-7-14-12-16(18-3)10-8-13(14)11-15/h7-12H,5-6H2,1-4H3. The van der Waals surface area contributed by atoms with E-state index in [1.807, 2.05) is 6.07 Å². The van der Waals surface area contributed by atoms with E-state index in [9.17, 15) is 0 Å². The summed E-state index contributed by atoms with van der Waals surface area (Å²) < 4.78 is 11.1. The fraction of sp³-hybridized carbons (Fsp3) is 0.412. The Kier molecular flexibility index (Phi) is 4.11. The highest BCUT2D eigenvalue weighted by atomic mass is 16.5. The lowest BCUT2D eigenvalue weighted by Crippen LogP contribution is -2.26. The van der Waals surface area contributed by atoms with Crippen molar-refractivity contribution < 1.29 is 9.47 Å². The van der Waals surface area contributed by atoms with E-state index in [-0.39, 0.29) is 5.60 Å². The van der Waals surface area contributed by atoms with Gasteiger partial charge in [0.2, 0.25) is 0 Å². The van der Waals surface area contributed by atoms with Gasteiger partial charge in [0, 0.05) is 7.11 Å². The lowest BCUT2D eigenvalue weighted by molar-refractivity contribution is -0.0216. The topological polar surface area (TPSA) is 18.5 Å². The molecule has 2 rings (SSSR count). The third kappa shape index (κ3) is 2.45. The van der Waals surface area contributed by atoms with Gasteiger partial charge in [-0.3, -0.25) is 0 Å². The van der Waals surface area contributed by atoms with Gasteiger partial charge in [-0.05, 0) is 47.4 Å². The van der Waals surface area contributed by atoms with Crippen LogP contribution in [-0.4, -0.2) is 14.2 Å². The zero-order valence-corrected chi connectivity index (χ0v) is 12.2. The van der Waals surface area contributed by atoms with Crippen LogP contribution in [0.5, 0.6) is 5.75 Å². The number of rotatable bonds is 5. The van der Waals surface area contributed by atoms with Crippen molar-refractivity contribution in [2.75, 3.05) is 14.2 Å². The van der Waals surface area contributed by atoms with E-state index in [1.165, 1.54) is 16.3 Å². The summed E-state index contributed by atoms with van der Waals surface area (Å²) in [6.45, 7) is 4.34. The van der Waals surface area contributed by atoms with Gasteiger partial charge >= 0.3 is 0 Å². The summed E-state index contributed by atoms with van der Waals surface area (Å²) in [5.41, 5.74) is 1.08. The van der Waals surface area contributed by atoms with Gasteiger partial charge in [-0.25, -0.2) is 0 Å². The molecule has 0 radical (unpaired) electrons. The second-order valence-corrected chi connectivity index (χ2v) is 4.83. The number of hydrogen-bond donors (Lipinski definition) is 0. The Balaban J connectivity index is 2.52. The molecule has 0 fully saturated rings. The maximum atomic E-state index is 5.79. The predicted molar refractivity (Wildman–Crippen MR) is 79.8 cm³/mol. The summed E-state index contributed by atoms with van der Waals surface area (Å²) in [5.74, 6) is 0.893. The summed E-state index contributed by atoms with van der Waals surface area (Å²) >= 11 is 0. The van der Waals surface area contributed by atoms with Crippen LogP contribution < -0.4 is 4.74 Å². The smallest absolute Gasteiger partial charge is 0.119 e. The lowest BCUT2D eigenvalue weighted by Gasteiger charge is -2.31. The third-order valence-corrected chi connectivity index (χ3v) is 4.11. The second-order valence-electron chi connectivity index (χ2n) is 4.83. The molecule has 0 saturated carbocycles. The molecule has 0 atom stereocenters. The largest absolute Gasteiger partial charge is 0.497 e. The van der Waals surface area contributed by atoms with Crippen LogP contribution in [0.15, 0.2) is 36.4 Å². The number of hydrogen-bond acceptors (Lipinski definition) is 2. The molecule has 0 heterocycles. The summed E-state index contributed by atoms with van der Waals surface area (Å²) in [6, 6.07) is 12.7. The summed E-state index contributed by atoms with van der Waals surface area (Å²) in [6.07, 6.45) is 1.95. The Labute approximate surface area is 115 Å². The molecule has 0 spiro atoms. The van der Waals surface area contributed by atoms with Crippen molar-refractivity contribution in [3.8, 4) is 5.75 Å². The zero-order chi connectivity index (χ0) is 13.9. The first-order valence-electron chi connectivity index (χ1n) is 6.82. The van der Waals surface area contributed by atoms with Crippen molar-refractivity contribution in [2.45, 2.75) is 32.3 Å². The normalized spacial score (nSPS) is 11.8. The van der Waals surface area contributed by atoms with Crippen LogP contribution in [0, 0.1) is 0 Å². The predicted octanol–water partition coefficient (Wildman–Crippen LogP) is 4.51. The fourth-order valence-electron chi connectivity index (χ4n) is 2.70. The maximum Gasteiger partial charge on any atom is 0.119 e. The minimum Gasteiger partial charge on any atom is -0.497 e. The SMILES string of the molecule is CCC(CC)(OC)c1ccc2cc(OC)ccc2c1. The Morgan fingerprint density at radius 1 is 0.895 bits per heavy atom. The quantitative estimate of drug-likeness (QED) is 0.785. The molecule has 0 N–H and O–H groups in total. The first-order valence-corrected chi connectivity index (χ1v) is 6.82. The van der Waals surface area contributed by atoms with Gasteiger partial charge in [0.25, 0.3) is 0 Å². The minimum absolute atomic E-state index is 0.173. The van der Waals surface area contributed by atoms with E-state index in [2.05, 4.69) is 44.2 Å². The van der Waals surface area contributed by atoms with E-state index in [4.69, 9.17) is 9.47 Å². The van der Waals surface area contributed by atoms with Gasteiger partial charge in [-0.1, -0.05) is 32.0 Å². The van der Waals surface area contributed by atoms with Crippen LogP contribution in [0.3, 0.4) is 0 Å². The molecule has 0 aliphatic rings. The highest BCUT2D eigenvalue weighted by molar-refractivity contribution is 5.84. The first-order chi connectivity index (χ1) is 9.19. The van der Waals surface area contributed by atoms with Crippen LogP contribution >= 0.6 is 0 Å². The molecular weight excluding hydrogens is 236 g/mol. The molecule has 102 valence electrons. The van der Waals surface area contributed by atoms with Gasteiger partial charge in [-0.15, -0.1) is 0 Å². The molecular formula is C17H22O2. The Bertz CT molecular complexity index is 548. The summed E-state index contributed by atoms with van der Waals surface area (Å²) in [7, 11) is 3.49.